The maximum Gasteiger partial charge on any atom is 0.295 e. The van der Waals surface area contributed by atoms with Gasteiger partial charge in [0.25, 0.3) is 5.56 Å². The number of amides is 2. The molecule has 0 aliphatic rings. The molecule has 0 aliphatic carbocycles. The number of carbonyl (C=O) groups is 2. The number of benzene rings is 1. The highest BCUT2D eigenvalue weighted by molar-refractivity contribution is 7.99. The molecule has 34 heavy (non-hydrogen) atoms. The summed E-state index contributed by atoms with van der Waals surface area (Å²) in [7, 11) is 1.78. The first-order valence-electron chi connectivity index (χ1n) is 11.2. The van der Waals surface area contributed by atoms with Crippen LogP contribution in [0.4, 0.5) is 5.69 Å². The van der Waals surface area contributed by atoms with Crippen LogP contribution < -0.4 is 16.6 Å². The molecule has 1 aromatic carbocycles. The lowest BCUT2D eigenvalue weighted by atomic mass is 10.2. The van der Waals surface area contributed by atoms with Gasteiger partial charge >= 0.3 is 0 Å². The van der Waals surface area contributed by atoms with Crippen molar-refractivity contribution < 1.29 is 9.59 Å². The zero-order valence-electron chi connectivity index (χ0n) is 19.9. The number of para-hydroxylation sites is 1. The number of hydrogen-bond donors (Lipinski definition) is 2. The number of primary amides is 1. The molecule has 0 atom stereocenters. The van der Waals surface area contributed by atoms with Crippen LogP contribution in [0.3, 0.4) is 0 Å². The van der Waals surface area contributed by atoms with Gasteiger partial charge in [0.1, 0.15) is 11.5 Å². The fraction of sp³-hybridized carbons (Fsp3) is 0.435. The van der Waals surface area contributed by atoms with E-state index >= 15 is 0 Å². The van der Waals surface area contributed by atoms with Crippen molar-refractivity contribution in [1.29, 1.82) is 0 Å². The molecule has 10 nitrogen and oxygen atoms in total. The summed E-state index contributed by atoms with van der Waals surface area (Å²) in [5.41, 5.74) is 6.67. The number of carbonyl (C=O) groups excluding carboxylic acids is 2. The summed E-state index contributed by atoms with van der Waals surface area (Å²) >= 11 is 1.42. The van der Waals surface area contributed by atoms with E-state index in [0.29, 0.717) is 41.3 Å². The molecule has 11 heteroatoms. The lowest BCUT2D eigenvalue weighted by molar-refractivity contribution is -0.118. The highest BCUT2D eigenvalue weighted by Crippen LogP contribution is 2.21. The van der Waals surface area contributed by atoms with E-state index < -0.39 is 0 Å². The van der Waals surface area contributed by atoms with E-state index in [4.69, 9.17) is 5.73 Å². The largest absolute Gasteiger partial charge is 0.370 e. The number of nitrogens with zero attached hydrogens (tertiary/aromatic N) is 5. The molecule has 3 rings (SSSR count). The predicted octanol–water partition coefficient (Wildman–Crippen LogP) is 2.27. The zero-order chi connectivity index (χ0) is 24.8. The Balaban J connectivity index is 1.66. The first-order chi connectivity index (χ1) is 16.2. The van der Waals surface area contributed by atoms with Gasteiger partial charge in [-0.3, -0.25) is 19.1 Å². The molecule has 182 valence electrons. The van der Waals surface area contributed by atoms with E-state index in [2.05, 4.69) is 29.4 Å². The summed E-state index contributed by atoms with van der Waals surface area (Å²) in [6, 6.07) is 9.28. The van der Waals surface area contributed by atoms with Crippen molar-refractivity contribution in [3.8, 4) is 5.69 Å². The van der Waals surface area contributed by atoms with Crippen molar-refractivity contribution in [2.45, 2.75) is 51.7 Å². The molecule has 0 spiro atoms. The van der Waals surface area contributed by atoms with Gasteiger partial charge in [-0.05, 0) is 25.0 Å². The van der Waals surface area contributed by atoms with E-state index in [1.165, 1.54) is 16.4 Å². The molecule has 0 radical (unpaired) electrons. The van der Waals surface area contributed by atoms with E-state index in [-0.39, 0.29) is 35.9 Å². The summed E-state index contributed by atoms with van der Waals surface area (Å²) in [4.78, 5) is 36.8. The predicted molar refractivity (Wildman–Crippen MR) is 132 cm³/mol. The zero-order valence-corrected chi connectivity index (χ0v) is 20.8. The van der Waals surface area contributed by atoms with Gasteiger partial charge < -0.3 is 15.6 Å². The summed E-state index contributed by atoms with van der Waals surface area (Å²) in [5.74, 6) is 0.908. The molecular weight excluding hydrogens is 454 g/mol. The third-order valence-electron chi connectivity index (χ3n) is 5.32. The van der Waals surface area contributed by atoms with Crippen molar-refractivity contribution >= 4 is 29.3 Å². The highest BCUT2D eigenvalue weighted by atomic mass is 32.2. The fourth-order valence-electron chi connectivity index (χ4n) is 3.54. The Bertz CT molecular complexity index is 1210. The van der Waals surface area contributed by atoms with E-state index in [0.717, 1.165) is 5.69 Å². The number of nitrogens with one attached hydrogen (secondary N) is 1. The lowest BCUT2D eigenvalue weighted by Gasteiger charge is -2.12. The van der Waals surface area contributed by atoms with Crippen LogP contribution in [0.2, 0.25) is 0 Å². The van der Waals surface area contributed by atoms with Crippen molar-refractivity contribution in [2.24, 2.45) is 18.7 Å². The number of rotatable bonds is 11. The Kier molecular flexibility index (Phi) is 8.32. The quantitative estimate of drug-likeness (QED) is 0.401. The maximum atomic E-state index is 13.0. The Labute approximate surface area is 202 Å². The molecule has 0 aliphatic heterocycles. The van der Waals surface area contributed by atoms with Crippen molar-refractivity contribution in [1.82, 2.24) is 24.1 Å². The molecule has 0 bridgehead atoms. The van der Waals surface area contributed by atoms with Crippen LogP contribution >= 0.6 is 11.8 Å². The third kappa shape index (κ3) is 5.96. The number of anilines is 1. The molecule has 3 aromatic rings. The van der Waals surface area contributed by atoms with Gasteiger partial charge in [-0.15, -0.1) is 10.2 Å². The lowest BCUT2D eigenvalue weighted by Crippen LogP contribution is -2.23. The molecule has 2 amide bonds. The summed E-state index contributed by atoms with van der Waals surface area (Å²) < 4.78 is 5.24. The molecule has 0 saturated carbocycles. The smallest absolute Gasteiger partial charge is 0.295 e. The highest BCUT2D eigenvalue weighted by Gasteiger charge is 2.19. The minimum absolute atomic E-state index is 0.203. The van der Waals surface area contributed by atoms with Gasteiger partial charge in [0, 0.05) is 38.6 Å². The molecule has 3 N–H and O–H groups in total. The van der Waals surface area contributed by atoms with Crippen molar-refractivity contribution in [3.05, 3.63) is 52.2 Å². The molecule has 2 aromatic heterocycles. The van der Waals surface area contributed by atoms with Crippen LogP contribution in [0.15, 0.2) is 40.3 Å². The average Bonchev–Trinajstić information content (AvgIpc) is 3.25. The Morgan fingerprint density at radius 1 is 1.15 bits per heavy atom. The second-order valence-corrected chi connectivity index (χ2v) is 9.51. The second kappa shape index (κ2) is 11.2. The number of thioether (sulfide) groups is 1. The summed E-state index contributed by atoms with van der Waals surface area (Å²) in [5, 5.41) is 11.9. The van der Waals surface area contributed by atoms with E-state index in [9.17, 15) is 14.4 Å². The van der Waals surface area contributed by atoms with Crippen LogP contribution in [0.5, 0.6) is 0 Å². The molecule has 0 fully saturated rings. The standard InChI is InChI=1S/C23H31N7O3S/c1-15(2)14-29-19(11-10-18(24)31)26-27-23(29)34-13-12-20(32)25-21-16(3)28(4)30(22(21)33)17-8-6-5-7-9-17/h5-9,15H,10-14H2,1-4H3,(H2,24,31)(H,25,32). The third-order valence-corrected chi connectivity index (χ3v) is 6.28. The Morgan fingerprint density at radius 3 is 2.50 bits per heavy atom. The topological polar surface area (TPSA) is 130 Å². The van der Waals surface area contributed by atoms with Crippen LogP contribution in [-0.4, -0.2) is 41.7 Å². The average molecular weight is 486 g/mol. The first kappa shape index (κ1) is 25.3. The van der Waals surface area contributed by atoms with Gasteiger partial charge in [0.15, 0.2) is 5.16 Å². The Hall–Kier alpha value is -3.34. The van der Waals surface area contributed by atoms with Gasteiger partial charge in [-0.25, -0.2) is 4.68 Å². The van der Waals surface area contributed by atoms with Gasteiger partial charge in [-0.2, -0.15) is 0 Å². The van der Waals surface area contributed by atoms with E-state index in [1.54, 1.807) is 18.7 Å². The van der Waals surface area contributed by atoms with Crippen LogP contribution in [-0.2, 0) is 29.6 Å². The van der Waals surface area contributed by atoms with Gasteiger partial charge in [-0.1, -0.05) is 43.8 Å². The van der Waals surface area contributed by atoms with Gasteiger partial charge in [0.2, 0.25) is 11.8 Å². The molecule has 0 saturated heterocycles. The second-order valence-electron chi connectivity index (χ2n) is 8.45. The minimum atomic E-state index is -0.382. The van der Waals surface area contributed by atoms with Crippen molar-refractivity contribution in [2.75, 3.05) is 11.1 Å². The fourth-order valence-corrected chi connectivity index (χ4v) is 4.45. The first-order valence-corrected chi connectivity index (χ1v) is 12.1. The normalized spacial score (nSPS) is 11.2. The number of hydrogen-bond acceptors (Lipinski definition) is 6. The minimum Gasteiger partial charge on any atom is -0.370 e. The number of nitrogens with two attached hydrogens (primary N) is 1. The van der Waals surface area contributed by atoms with Gasteiger partial charge in [0.05, 0.1) is 11.4 Å². The van der Waals surface area contributed by atoms with Crippen molar-refractivity contribution in [3.63, 3.8) is 0 Å². The van der Waals surface area contributed by atoms with Crippen LogP contribution in [0, 0.1) is 12.8 Å². The number of aromatic nitrogens is 5. The Morgan fingerprint density at radius 2 is 1.85 bits per heavy atom. The molecular formula is C23H31N7O3S. The van der Waals surface area contributed by atoms with E-state index in [1.807, 2.05) is 34.9 Å². The summed E-state index contributed by atoms with van der Waals surface area (Å²) in [6.45, 7) is 6.68. The number of aryl methyl sites for hydroxylation is 1. The molecule has 0 unspecified atom stereocenters. The maximum absolute atomic E-state index is 13.0. The van der Waals surface area contributed by atoms with Crippen LogP contribution in [0.25, 0.3) is 5.69 Å². The monoisotopic (exact) mass is 485 g/mol. The molecule has 2 heterocycles. The SMILES string of the molecule is Cc1c(NC(=O)CCSc2nnc(CCC(N)=O)n2CC(C)C)c(=O)n(-c2ccccc2)n1C. The van der Waals surface area contributed by atoms with Crippen LogP contribution in [0.1, 0.15) is 38.2 Å². The summed E-state index contributed by atoms with van der Waals surface area (Å²) in [6.07, 6.45) is 0.840.